The number of carbonyl (C=O) groups excluding carboxylic acids is 1. The monoisotopic (exact) mass is 308 g/mol. The lowest BCUT2D eigenvalue weighted by Gasteiger charge is -2.23. The first kappa shape index (κ1) is 14.1. The molecule has 2 heterocycles. The highest BCUT2D eigenvalue weighted by molar-refractivity contribution is 6.07. The molecule has 3 aromatic rings. The second kappa shape index (κ2) is 5.91. The minimum Gasteiger partial charge on any atom is -0.361 e. The van der Waals surface area contributed by atoms with Crippen molar-refractivity contribution in [3.05, 3.63) is 42.4 Å². The van der Waals surface area contributed by atoms with Crippen LogP contribution in [0.1, 0.15) is 42.5 Å². The Kier molecular flexibility index (Phi) is 3.61. The lowest BCUT2D eigenvalue weighted by Crippen LogP contribution is -2.36. The van der Waals surface area contributed by atoms with Gasteiger partial charge >= 0.3 is 0 Å². The van der Waals surface area contributed by atoms with Gasteiger partial charge in [0.15, 0.2) is 0 Å². The molecule has 2 aromatic heterocycles. The molecule has 0 spiro atoms. The van der Waals surface area contributed by atoms with E-state index in [-0.39, 0.29) is 5.91 Å². The van der Waals surface area contributed by atoms with Crippen LogP contribution >= 0.6 is 0 Å². The van der Waals surface area contributed by atoms with Gasteiger partial charge in [-0.2, -0.15) is 5.10 Å². The van der Waals surface area contributed by atoms with Crippen LogP contribution in [0.25, 0.3) is 22.0 Å². The number of H-pyrrole nitrogens is 2. The van der Waals surface area contributed by atoms with Crippen molar-refractivity contribution < 1.29 is 4.79 Å². The van der Waals surface area contributed by atoms with E-state index < -0.39 is 0 Å². The van der Waals surface area contributed by atoms with Gasteiger partial charge in [0.1, 0.15) is 0 Å². The van der Waals surface area contributed by atoms with E-state index in [1.54, 1.807) is 6.20 Å². The summed E-state index contributed by atoms with van der Waals surface area (Å²) in [4.78, 5) is 16.0. The molecule has 1 fully saturated rings. The number of hydrogen-bond donors (Lipinski definition) is 3. The van der Waals surface area contributed by atoms with Crippen molar-refractivity contribution in [1.82, 2.24) is 20.5 Å². The van der Waals surface area contributed by atoms with E-state index in [9.17, 15) is 4.79 Å². The zero-order chi connectivity index (χ0) is 15.6. The van der Waals surface area contributed by atoms with Gasteiger partial charge in [0.05, 0.1) is 17.3 Å². The number of aromatic nitrogens is 3. The first-order valence-corrected chi connectivity index (χ1v) is 8.22. The van der Waals surface area contributed by atoms with Crippen LogP contribution < -0.4 is 5.32 Å². The molecule has 1 aliphatic rings. The Morgan fingerprint density at radius 3 is 2.83 bits per heavy atom. The molecule has 1 amide bonds. The Hall–Kier alpha value is -2.56. The molecular formula is C18H20N4O. The van der Waals surface area contributed by atoms with E-state index in [0.717, 1.165) is 34.9 Å². The number of hydrogen-bond acceptors (Lipinski definition) is 2. The van der Waals surface area contributed by atoms with Gasteiger partial charge < -0.3 is 10.3 Å². The Morgan fingerprint density at radius 2 is 2.04 bits per heavy atom. The molecule has 0 unspecified atom stereocenters. The molecule has 0 aliphatic heterocycles. The van der Waals surface area contributed by atoms with Crippen LogP contribution in [0.3, 0.4) is 0 Å². The minimum absolute atomic E-state index is 0.00898. The Bertz CT molecular complexity index is 813. The zero-order valence-corrected chi connectivity index (χ0v) is 12.9. The topological polar surface area (TPSA) is 73.6 Å². The number of nitrogens with zero attached hydrogens (tertiary/aromatic N) is 1. The molecule has 3 N–H and O–H groups in total. The molecule has 23 heavy (non-hydrogen) atoms. The van der Waals surface area contributed by atoms with Crippen molar-refractivity contribution in [2.45, 2.75) is 38.1 Å². The molecule has 1 saturated carbocycles. The van der Waals surface area contributed by atoms with E-state index in [2.05, 4.69) is 26.6 Å². The molecule has 4 rings (SSSR count). The number of rotatable bonds is 3. The average Bonchev–Trinajstić information content (AvgIpc) is 3.26. The van der Waals surface area contributed by atoms with Crippen LogP contribution in [0.2, 0.25) is 0 Å². The normalized spacial score (nSPS) is 15.8. The number of nitrogens with one attached hydrogen (secondary N) is 3. The largest absolute Gasteiger partial charge is 0.361 e. The third-order valence-electron chi connectivity index (χ3n) is 4.68. The molecule has 0 atom stereocenters. The van der Waals surface area contributed by atoms with E-state index in [1.807, 2.05) is 24.5 Å². The fraction of sp³-hybridized carbons (Fsp3) is 0.333. The highest BCUT2D eigenvalue weighted by Gasteiger charge is 2.19. The summed E-state index contributed by atoms with van der Waals surface area (Å²) in [5.74, 6) is 0.00898. The van der Waals surface area contributed by atoms with Gasteiger partial charge in [-0.15, -0.1) is 0 Å². The van der Waals surface area contributed by atoms with Gasteiger partial charge in [-0.3, -0.25) is 9.89 Å². The number of fused-ring (bicyclic) bond motifs is 1. The molecule has 0 radical (unpaired) electrons. The summed E-state index contributed by atoms with van der Waals surface area (Å²) in [5, 5.41) is 11.1. The number of aromatic amines is 2. The maximum absolute atomic E-state index is 12.8. The van der Waals surface area contributed by atoms with Crippen molar-refractivity contribution in [2.24, 2.45) is 0 Å². The van der Waals surface area contributed by atoms with Crippen molar-refractivity contribution >= 4 is 16.8 Å². The SMILES string of the molecule is O=C(NC1CCCCC1)c1cc(-c2cn[nH]c2)cc2cc[nH]c12. The molecule has 5 nitrogen and oxygen atoms in total. The minimum atomic E-state index is 0.00898. The van der Waals surface area contributed by atoms with Crippen LogP contribution in [-0.2, 0) is 0 Å². The van der Waals surface area contributed by atoms with Crippen LogP contribution in [0.4, 0.5) is 0 Å². The highest BCUT2D eigenvalue weighted by Crippen LogP contribution is 2.27. The maximum Gasteiger partial charge on any atom is 0.253 e. The number of amides is 1. The van der Waals surface area contributed by atoms with Gasteiger partial charge in [0.25, 0.3) is 5.91 Å². The van der Waals surface area contributed by atoms with Crippen molar-refractivity contribution in [3.63, 3.8) is 0 Å². The van der Waals surface area contributed by atoms with Crippen molar-refractivity contribution in [3.8, 4) is 11.1 Å². The predicted octanol–water partition coefficient (Wildman–Crippen LogP) is 3.62. The van der Waals surface area contributed by atoms with Crippen LogP contribution in [-0.4, -0.2) is 27.1 Å². The summed E-state index contributed by atoms with van der Waals surface area (Å²) in [7, 11) is 0. The van der Waals surface area contributed by atoms with Crippen molar-refractivity contribution in [2.75, 3.05) is 0 Å². The van der Waals surface area contributed by atoms with Gasteiger partial charge in [-0.1, -0.05) is 19.3 Å². The summed E-state index contributed by atoms with van der Waals surface area (Å²) in [5.41, 5.74) is 3.58. The third-order valence-corrected chi connectivity index (χ3v) is 4.68. The van der Waals surface area contributed by atoms with E-state index in [4.69, 9.17) is 0 Å². The van der Waals surface area contributed by atoms with E-state index in [0.29, 0.717) is 11.6 Å². The van der Waals surface area contributed by atoms with Gasteiger partial charge in [-0.05, 0) is 36.6 Å². The lowest BCUT2D eigenvalue weighted by atomic mass is 9.95. The summed E-state index contributed by atoms with van der Waals surface area (Å²) < 4.78 is 0. The standard InChI is InChI=1S/C18H20N4O/c23-18(22-15-4-2-1-3-5-15)16-9-13(14-10-20-21-11-14)8-12-6-7-19-17(12)16/h6-11,15,19H,1-5H2,(H,20,21)(H,22,23). The smallest absolute Gasteiger partial charge is 0.253 e. The second-order valence-corrected chi connectivity index (χ2v) is 6.26. The Balaban J connectivity index is 1.69. The van der Waals surface area contributed by atoms with Gasteiger partial charge in [-0.25, -0.2) is 0 Å². The van der Waals surface area contributed by atoms with E-state index >= 15 is 0 Å². The first-order chi connectivity index (χ1) is 11.3. The summed E-state index contributed by atoms with van der Waals surface area (Å²) >= 11 is 0. The molecule has 1 aliphatic carbocycles. The average molecular weight is 308 g/mol. The molecule has 0 saturated heterocycles. The van der Waals surface area contributed by atoms with Gasteiger partial charge in [0.2, 0.25) is 0 Å². The third kappa shape index (κ3) is 2.74. The molecule has 0 bridgehead atoms. The zero-order valence-electron chi connectivity index (χ0n) is 12.9. The quantitative estimate of drug-likeness (QED) is 0.691. The predicted molar refractivity (Wildman–Crippen MR) is 90.2 cm³/mol. The Labute approximate surface area is 134 Å². The highest BCUT2D eigenvalue weighted by atomic mass is 16.1. The molecule has 5 heteroatoms. The number of carbonyl (C=O) groups is 1. The second-order valence-electron chi connectivity index (χ2n) is 6.26. The first-order valence-electron chi connectivity index (χ1n) is 8.22. The lowest BCUT2D eigenvalue weighted by molar-refractivity contribution is 0.0929. The fourth-order valence-corrected chi connectivity index (χ4v) is 3.44. The molecule has 118 valence electrons. The van der Waals surface area contributed by atoms with Crippen LogP contribution in [0.5, 0.6) is 0 Å². The molecular weight excluding hydrogens is 288 g/mol. The van der Waals surface area contributed by atoms with E-state index in [1.165, 1.54) is 19.3 Å². The summed E-state index contributed by atoms with van der Waals surface area (Å²) in [6.45, 7) is 0. The van der Waals surface area contributed by atoms with Crippen molar-refractivity contribution in [1.29, 1.82) is 0 Å². The molecule has 1 aromatic carbocycles. The van der Waals surface area contributed by atoms with Gasteiger partial charge in [0, 0.05) is 29.4 Å². The van der Waals surface area contributed by atoms with Crippen LogP contribution in [0.15, 0.2) is 36.8 Å². The van der Waals surface area contributed by atoms with Crippen LogP contribution in [0, 0.1) is 0 Å². The maximum atomic E-state index is 12.8. The fourth-order valence-electron chi connectivity index (χ4n) is 3.44. The number of benzene rings is 1. The Morgan fingerprint density at radius 1 is 1.17 bits per heavy atom. The summed E-state index contributed by atoms with van der Waals surface area (Å²) in [6.07, 6.45) is 11.4. The summed E-state index contributed by atoms with van der Waals surface area (Å²) in [6, 6.07) is 6.32.